The second kappa shape index (κ2) is 6.92. The molecule has 2 aliphatic carbocycles. The lowest BCUT2D eigenvalue weighted by Gasteiger charge is -2.36. The van der Waals surface area contributed by atoms with Gasteiger partial charge in [-0.15, -0.1) is 0 Å². The van der Waals surface area contributed by atoms with Crippen molar-refractivity contribution in [3.8, 4) is 0 Å². The number of carbonyl (C=O) groups excluding carboxylic acids is 2. The van der Waals surface area contributed by atoms with Gasteiger partial charge >= 0.3 is 5.97 Å². The second-order valence-corrected chi connectivity index (χ2v) is 9.48. The summed E-state index contributed by atoms with van der Waals surface area (Å²) >= 11 is 0. The van der Waals surface area contributed by atoms with Crippen molar-refractivity contribution in [3.05, 3.63) is 47.5 Å². The molecule has 0 aliphatic heterocycles. The quantitative estimate of drug-likeness (QED) is 0.392. The molecule has 0 N–H and O–H groups in total. The Kier molecular flexibility index (Phi) is 5.09. The van der Waals surface area contributed by atoms with E-state index in [-0.39, 0.29) is 29.2 Å². The maximum absolute atomic E-state index is 13.2. The normalized spacial score (nSPS) is 27.9. The van der Waals surface area contributed by atoms with Crippen LogP contribution in [0, 0.1) is 16.7 Å². The van der Waals surface area contributed by atoms with E-state index in [0.29, 0.717) is 18.8 Å². The molecule has 2 bridgehead atoms. The van der Waals surface area contributed by atoms with Crippen molar-refractivity contribution in [1.82, 2.24) is 0 Å². The fourth-order valence-corrected chi connectivity index (χ4v) is 5.03. The summed E-state index contributed by atoms with van der Waals surface area (Å²) in [6.07, 6.45) is 5.09. The van der Waals surface area contributed by atoms with E-state index >= 15 is 0 Å². The van der Waals surface area contributed by atoms with Crippen molar-refractivity contribution >= 4 is 11.8 Å². The summed E-state index contributed by atoms with van der Waals surface area (Å²) < 4.78 is 5.92. The number of ether oxygens (including phenoxy) is 1. The maximum atomic E-state index is 13.2. The minimum atomic E-state index is -0.939. The predicted molar refractivity (Wildman–Crippen MR) is 107 cm³/mol. The minimum Gasteiger partial charge on any atom is -0.464 e. The van der Waals surface area contributed by atoms with Gasteiger partial charge in [0.2, 0.25) is 0 Å². The van der Waals surface area contributed by atoms with E-state index < -0.39 is 5.41 Å². The van der Waals surface area contributed by atoms with Crippen LogP contribution in [0.2, 0.25) is 0 Å². The lowest BCUT2D eigenvalue weighted by Crippen LogP contribution is -2.46. The summed E-state index contributed by atoms with van der Waals surface area (Å²) in [5.74, 6) is 0.0834. The summed E-state index contributed by atoms with van der Waals surface area (Å²) in [4.78, 5) is 25.9. The van der Waals surface area contributed by atoms with Crippen molar-refractivity contribution < 1.29 is 14.3 Å². The highest BCUT2D eigenvalue weighted by atomic mass is 16.5. The third-order valence-electron chi connectivity index (χ3n) is 7.20. The number of carbonyl (C=O) groups is 2. The maximum Gasteiger partial charge on any atom is 0.320 e. The van der Waals surface area contributed by atoms with Gasteiger partial charge in [0.25, 0.3) is 0 Å². The van der Waals surface area contributed by atoms with Crippen LogP contribution in [0.3, 0.4) is 0 Å². The van der Waals surface area contributed by atoms with Gasteiger partial charge in [0, 0.05) is 11.8 Å². The molecule has 3 nitrogen and oxygen atoms in total. The summed E-state index contributed by atoms with van der Waals surface area (Å²) in [5, 5.41) is 0. The van der Waals surface area contributed by atoms with E-state index in [1.54, 1.807) is 0 Å². The standard InChI is InChI=1S/C24H32O3/c1-17(2)11-13-23(5,18-9-7-6-8-10-18)16-27-21(26)24-14-12-19(15-20(24)25)22(24,3)4/h6-11,19H,12-16H2,1-5H3. The molecule has 2 aliphatic rings. The summed E-state index contributed by atoms with van der Waals surface area (Å²) in [6, 6.07) is 10.2. The lowest BCUT2D eigenvalue weighted by atomic mass is 9.69. The van der Waals surface area contributed by atoms with Crippen LogP contribution in [-0.4, -0.2) is 18.4 Å². The predicted octanol–water partition coefficient (Wildman–Crippen LogP) is 5.24. The zero-order chi connectivity index (χ0) is 19.9. The molecule has 27 heavy (non-hydrogen) atoms. The number of hydrogen-bond donors (Lipinski definition) is 0. The van der Waals surface area contributed by atoms with Gasteiger partial charge in [0.05, 0.1) is 0 Å². The third kappa shape index (κ3) is 3.15. The monoisotopic (exact) mass is 368 g/mol. The molecule has 146 valence electrons. The van der Waals surface area contributed by atoms with Crippen LogP contribution in [0.4, 0.5) is 0 Å². The Balaban J connectivity index is 1.83. The Morgan fingerprint density at radius 2 is 1.93 bits per heavy atom. The molecule has 2 saturated carbocycles. The molecule has 0 spiro atoms. The Morgan fingerprint density at radius 3 is 2.44 bits per heavy atom. The van der Waals surface area contributed by atoms with Gasteiger partial charge < -0.3 is 4.74 Å². The molecule has 1 aromatic carbocycles. The van der Waals surface area contributed by atoms with Crippen LogP contribution in [0.25, 0.3) is 0 Å². The van der Waals surface area contributed by atoms with Gasteiger partial charge in [-0.05, 0) is 50.0 Å². The van der Waals surface area contributed by atoms with Crippen LogP contribution in [-0.2, 0) is 19.7 Å². The van der Waals surface area contributed by atoms with Gasteiger partial charge in [-0.2, -0.15) is 0 Å². The molecule has 0 aromatic heterocycles. The Bertz CT molecular complexity index is 757. The molecule has 0 amide bonds. The SMILES string of the molecule is CC(C)=CCC(C)(COC(=O)C12CCC(CC1=O)C2(C)C)c1ccccc1. The van der Waals surface area contributed by atoms with Gasteiger partial charge in [-0.1, -0.05) is 62.8 Å². The molecule has 1 aromatic rings. The van der Waals surface area contributed by atoms with E-state index in [1.165, 1.54) is 5.57 Å². The molecular weight excluding hydrogens is 336 g/mol. The first-order chi connectivity index (χ1) is 12.6. The van der Waals surface area contributed by atoms with Crippen molar-refractivity contribution in [3.63, 3.8) is 0 Å². The van der Waals surface area contributed by atoms with Crippen LogP contribution in [0.15, 0.2) is 42.0 Å². The van der Waals surface area contributed by atoms with E-state index in [1.807, 2.05) is 18.2 Å². The van der Waals surface area contributed by atoms with Crippen LogP contribution in [0.1, 0.15) is 65.9 Å². The first-order valence-corrected chi connectivity index (χ1v) is 10.0. The number of Topliss-reactive ketones (excluding diaryl/α,β-unsaturated/α-hetero) is 1. The molecular formula is C24H32O3. The van der Waals surface area contributed by atoms with E-state index in [0.717, 1.165) is 18.4 Å². The number of allylic oxidation sites excluding steroid dienone is 2. The average molecular weight is 369 g/mol. The van der Waals surface area contributed by atoms with Crippen molar-refractivity contribution in [1.29, 1.82) is 0 Å². The van der Waals surface area contributed by atoms with Gasteiger partial charge in [-0.25, -0.2) is 0 Å². The number of hydrogen-bond acceptors (Lipinski definition) is 3. The zero-order valence-electron chi connectivity index (χ0n) is 17.3. The minimum absolute atomic E-state index is 0.0828. The topological polar surface area (TPSA) is 43.4 Å². The molecule has 3 atom stereocenters. The summed E-state index contributed by atoms with van der Waals surface area (Å²) in [6.45, 7) is 10.7. The first-order valence-electron chi connectivity index (χ1n) is 10.0. The highest BCUT2D eigenvalue weighted by Crippen LogP contribution is 2.64. The number of esters is 1. The Morgan fingerprint density at radius 1 is 1.26 bits per heavy atom. The van der Waals surface area contributed by atoms with Gasteiger partial charge in [-0.3, -0.25) is 9.59 Å². The van der Waals surface area contributed by atoms with Gasteiger partial charge in [0.15, 0.2) is 5.78 Å². The van der Waals surface area contributed by atoms with Crippen molar-refractivity contribution in [2.75, 3.05) is 6.61 Å². The summed E-state index contributed by atoms with van der Waals surface area (Å²) in [7, 11) is 0. The molecule has 0 heterocycles. The lowest BCUT2D eigenvalue weighted by molar-refractivity contribution is -0.166. The van der Waals surface area contributed by atoms with Crippen molar-refractivity contribution in [2.24, 2.45) is 16.7 Å². The molecule has 0 saturated heterocycles. The zero-order valence-corrected chi connectivity index (χ0v) is 17.3. The average Bonchev–Trinajstić information content (AvgIpc) is 3.01. The molecule has 3 unspecified atom stereocenters. The smallest absolute Gasteiger partial charge is 0.320 e. The van der Waals surface area contributed by atoms with E-state index in [4.69, 9.17) is 4.74 Å². The highest BCUT2D eigenvalue weighted by molar-refractivity contribution is 6.07. The van der Waals surface area contributed by atoms with E-state index in [2.05, 4.69) is 52.8 Å². The van der Waals surface area contributed by atoms with Crippen molar-refractivity contribution in [2.45, 2.75) is 65.7 Å². The fraction of sp³-hybridized carbons (Fsp3) is 0.583. The number of fused-ring (bicyclic) bond motifs is 2. The molecule has 0 radical (unpaired) electrons. The number of rotatable bonds is 6. The number of benzene rings is 1. The van der Waals surface area contributed by atoms with Crippen LogP contribution < -0.4 is 0 Å². The highest BCUT2D eigenvalue weighted by Gasteiger charge is 2.69. The van der Waals surface area contributed by atoms with E-state index in [9.17, 15) is 9.59 Å². The second-order valence-electron chi connectivity index (χ2n) is 9.48. The fourth-order valence-electron chi connectivity index (χ4n) is 5.03. The van der Waals surface area contributed by atoms with Gasteiger partial charge in [0.1, 0.15) is 12.0 Å². The molecule has 2 fully saturated rings. The summed E-state index contributed by atoms with van der Waals surface area (Å²) in [5.41, 5.74) is 0.840. The third-order valence-corrected chi connectivity index (χ3v) is 7.20. The van der Waals surface area contributed by atoms with Crippen LogP contribution in [0.5, 0.6) is 0 Å². The van der Waals surface area contributed by atoms with Crippen LogP contribution >= 0.6 is 0 Å². The first kappa shape index (κ1) is 19.9. The number of ketones is 1. The molecule has 3 heteroatoms. The largest absolute Gasteiger partial charge is 0.464 e. The Labute approximate surface area is 163 Å². The molecule has 3 rings (SSSR count). The Hall–Kier alpha value is -1.90.